The molecule has 3 rings (SSSR count). The van der Waals surface area contributed by atoms with E-state index in [9.17, 15) is 0 Å². The first kappa shape index (κ1) is 13.9. The van der Waals surface area contributed by atoms with Crippen molar-refractivity contribution in [2.24, 2.45) is 17.6 Å². The topological polar surface area (TPSA) is 66.0 Å². The maximum atomic E-state index is 7.88. The van der Waals surface area contributed by atoms with Crippen LogP contribution >= 0.6 is 0 Å². The van der Waals surface area contributed by atoms with Crippen LogP contribution in [0.25, 0.3) is 10.9 Å². The summed E-state index contributed by atoms with van der Waals surface area (Å²) in [6.45, 7) is 6.61. The monoisotopic (exact) mass is 282 g/mol. The number of nitrogen functional groups attached to an aromatic ring is 1. The van der Waals surface area contributed by atoms with E-state index in [1.165, 1.54) is 6.42 Å². The number of aromatic nitrogens is 1. The SMILES string of the molecule is CC1CC(C)CN(c2c(C(=N)N)cnc3ccccc23)C1. The molecule has 3 N–H and O–H groups in total. The fourth-order valence-electron chi connectivity index (χ4n) is 3.51. The predicted octanol–water partition coefficient (Wildman–Crippen LogP) is 3.00. The lowest BCUT2D eigenvalue weighted by Crippen LogP contribution is -2.40. The number of fused-ring (bicyclic) bond motifs is 1. The third-order valence-corrected chi connectivity index (χ3v) is 4.22. The lowest BCUT2D eigenvalue weighted by Gasteiger charge is -2.38. The second-order valence-corrected chi connectivity index (χ2v) is 6.30. The number of pyridine rings is 1. The molecular weight excluding hydrogens is 260 g/mol. The summed E-state index contributed by atoms with van der Waals surface area (Å²) in [4.78, 5) is 6.84. The zero-order chi connectivity index (χ0) is 15.0. The van der Waals surface area contributed by atoms with Crippen molar-refractivity contribution in [1.82, 2.24) is 4.98 Å². The Bertz CT molecular complexity index is 670. The molecule has 1 aromatic carbocycles. The van der Waals surface area contributed by atoms with Gasteiger partial charge in [-0.25, -0.2) is 0 Å². The zero-order valence-corrected chi connectivity index (χ0v) is 12.6. The average Bonchev–Trinajstić information content (AvgIpc) is 2.44. The van der Waals surface area contributed by atoms with Crippen LogP contribution in [-0.2, 0) is 0 Å². The fraction of sp³-hybridized carbons (Fsp3) is 0.412. The Balaban J connectivity index is 2.18. The van der Waals surface area contributed by atoms with Crippen LogP contribution in [0.2, 0.25) is 0 Å². The van der Waals surface area contributed by atoms with E-state index >= 15 is 0 Å². The molecule has 1 aliphatic heterocycles. The summed E-state index contributed by atoms with van der Waals surface area (Å²) < 4.78 is 0. The van der Waals surface area contributed by atoms with Crippen molar-refractivity contribution >= 4 is 22.4 Å². The highest BCUT2D eigenvalue weighted by molar-refractivity contribution is 6.07. The van der Waals surface area contributed by atoms with Crippen molar-refractivity contribution in [2.75, 3.05) is 18.0 Å². The molecule has 4 heteroatoms. The average molecular weight is 282 g/mol. The van der Waals surface area contributed by atoms with Gasteiger partial charge in [0.15, 0.2) is 0 Å². The van der Waals surface area contributed by atoms with Crippen LogP contribution in [0.3, 0.4) is 0 Å². The molecule has 1 aliphatic rings. The molecule has 0 bridgehead atoms. The van der Waals surface area contributed by atoms with Crippen molar-refractivity contribution in [3.8, 4) is 0 Å². The number of para-hydroxylation sites is 1. The maximum absolute atomic E-state index is 7.88. The summed E-state index contributed by atoms with van der Waals surface area (Å²) in [7, 11) is 0. The second-order valence-electron chi connectivity index (χ2n) is 6.30. The van der Waals surface area contributed by atoms with Crippen molar-refractivity contribution in [2.45, 2.75) is 20.3 Å². The Morgan fingerprint density at radius 3 is 2.57 bits per heavy atom. The standard InChI is InChI=1S/C17H22N4/c1-11-7-12(2)10-21(9-11)16-13-5-3-4-6-15(13)20-8-14(16)17(18)19/h3-6,8,11-12H,7,9-10H2,1-2H3,(H3,18,19). The van der Waals surface area contributed by atoms with E-state index in [1.54, 1.807) is 6.20 Å². The molecule has 4 nitrogen and oxygen atoms in total. The van der Waals surface area contributed by atoms with Crippen LogP contribution in [0.5, 0.6) is 0 Å². The zero-order valence-electron chi connectivity index (χ0n) is 12.6. The van der Waals surface area contributed by atoms with Gasteiger partial charge in [0.2, 0.25) is 0 Å². The molecule has 0 radical (unpaired) electrons. The molecular formula is C17H22N4. The van der Waals surface area contributed by atoms with Crippen LogP contribution in [0.1, 0.15) is 25.8 Å². The summed E-state index contributed by atoms with van der Waals surface area (Å²) in [5.74, 6) is 1.40. The predicted molar refractivity (Wildman–Crippen MR) is 87.9 cm³/mol. The van der Waals surface area contributed by atoms with Gasteiger partial charge in [-0.3, -0.25) is 10.4 Å². The summed E-state index contributed by atoms with van der Waals surface area (Å²) in [6, 6.07) is 8.11. The van der Waals surface area contributed by atoms with Gasteiger partial charge in [-0.1, -0.05) is 32.0 Å². The van der Waals surface area contributed by atoms with Gasteiger partial charge < -0.3 is 10.6 Å². The first-order chi connectivity index (χ1) is 10.1. The number of benzene rings is 1. The number of rotatable bonds is 2. The van der Waals surface area contributed by atoms with Gasteiger partial charge in [-0.05, 0) is 24.3 Å². The van der Waals surface area contributed by atoms with E-state index in [1.807, 2.05) is 18.2 Å². The Kier molecular flexibility index (Phi) is 3.53. The van der Waals surface area contributed by atoms with Crippen LogP contribution < -0.4 is 10.6 Å². The summed E-state index contributed by atoms with van der Waals surface area (Å²) in [6.07, 6.45) is 3.00. The first-order valence-corrected chi connectivity index (χ1v) is 7.53. The number of nitrogens with zero attached hydrogens (tertiary/aromatic N) is 2. The number of anilines is 1. The minimum absolute atomic E-state index is 0.0918. The number of hydrogen-bond donors (Lipinski definition) is 2. The summed E-state index contributed by atoms with van der Waals surface area (Å²) in [5, 5.41) is 8.97. The maximum Gasteiger partial charge on any atom is 0.126 e. The van der Waals surface area contributed by atoms with Gasteiger partial charge in [-0.15, -0.1) is 0 Å². The Morgan fingerprint density at radius 1 is 1.24 bits per heavy atom. The Labute approximate surface area is 125 Å². The highest BCUT2D eigenvalue weighted by Gasteiger charge is 2.25. The van der Waals surface area contributed by atoms with Gasteiger partial charge in [0, 0.05) is 24.7 Å². The van der Waals surface area contributed by atoms with Gasteiger partial charge in [0.25, 0.3) is 0 Å². The largest absolute Gasteiger partial charge is 0.384 e. The molecule has 110 valence electrons. The molecule has 0 aliphatic carbocycles. The first-order valence-electron chi connectivity index (χ1n) is 7.53. The van der Waals surface area contributed by atoms with Gasteiger partial charge >= 0.3 is 0 Å². The molecule has 0 spiro atoms. The molecule has 2 unspecified atom stereocenters. The smallest absolute Gasteiger partial charge is 0.126 e. The number of amidine groups is 1. The minimum Gasteiger partial charge on any atom is -0.384 e. The lowest BCUT2D eigenvalue weighted by atomic mass is 9.90. The van der Waals surface area contributed by atoms with E-state index in [0.717, 1.165) is 35.2 Å². The molecule has 1 aromatic heterocycles. The number of nitrogens with one attached hydrogen (secondary N) is 1. The van der Waals surface area contributed by atoms with E-state index in [4.69, 9.17) is 11.1 Å². The van der Waals surface area contributed by atoms with Crippen LogP contribution in [0.4, 0.5) is 5.69 Å². The van der Waals surface area contributed by atoms with E-state index in [0.29, 0.717) is 11.8 Å². The summed E-state index contributed by atoms with van der Waals surface area (Å²) >= 11 is 0. The Hall–Kier alpha value is -2.10. The molecule has 0 amide bonds. The van der Waals surface area contributed by atoms with Crippen molar-refractivity contribution in [3.05, 3.63) is 36.0 Å². The van der Waals surface area contributed by atoms with E-state index < -0.39 is 0 Å². The molecule has 2 aromatic rings. The minimum atomic E-state index is 0.0918. The molecule has 0 saturated carbocycles. The van der Waals surface area contributed by atoms with Gasteiger partial charge in [0.05, 0.1) is 16.8 Å². The highest BCUT2D eigenvalue weighted by atomic mass is 15.1. The van der Waals surface area contributed by atoms with Crippen LogP contribution in [-0.4, -0.2) is 23.9 Å². The van der Waals surface area contributed by atoms with E-state index in [-0.39, 0.29) is 5.84 Å². The molecule has 2 heterocycles. The highest BCUT2D eigenvalue weighted by Crippen LogP contribution is 2.33. The third kappa shape index (κ3) is 2.58. The molecule has 1 saturated heterocycles. The quantitative estimate of drug-likeness (QED) is 0.657. The third-order valence-electron chi connectivity index (χ3n) is 4.22. The lowest BCUT2D eigenvalue weighted by molar-refractivity contribution is 0.357. The molecule has 1 fully saturated rings. The molecule has 2 atom stereocenters. The van der Waals surface area contributed by atoms with E-state index in [2.05, 4.69) is 29.8 Å². The normalized spacial score (nSPS) is 22.5. The number of hydrogen-bond acceptors (Lipinski definition) is 3. The second kappa shape index (κ2) is 5.35. The van der Waals surface area contributed by atoms with Crippen LogP contribution in [0.15, 0.2) is 30.5 Å². The number of piperidine rings is 1. The van der Waals surface area contributed by atoms with Crippen molar-refractivity contribution < 1.29 is 0 Å². The Morgan fingerprint density at radius 2 is 1.90 bits per heavy atom. The number of nitrogens with two attached hydrogens (primary N) is 1. The van der Waals surface area contributed by atoms with Gasteiger partial charge in [0.1, 0.15) is 5.84 Å². The van der Waals surface area contributed by atoms with Crippen molar-refractivity contribution in [3.63, 3.8) is 0 Å². The van der Waals surface area contributed by atoms with Crippen molar-refractivity contribution in [1.29, 1.82) is 5.41 Å². The molecule has 21 heavy (non-hydrogen) atoms. The fourth-order valence-corrected chi connectivity index (χ4v) is 3.51. The summed E-state index contributed by atoms with van der Waals surface area (Å²) in [5.41, 5.74) is 8.58. The van der Waals surface area contributed by atoms with Gasteiger partial charge in [-0.2, -0.15) is 0 Å². The van der Waals surface area contributed by atoms with Crippen LogP contribution in [0, 0.1) is 17.2 Å².